The SMILES string of the molecule is c1ccc(-c2nc3ccccc3n2-c2ccc3ccc(-c4nc(-c5ccc6ccc(-n7c(-c8ccccc8)nc8ccccc87)cc6c5)nc(-c5ccc6ccc(-n7c(-c8ccccc8)nc8ccccc87)cc6c5)n4)cc3c2)cc1. The third-order valence-electron chi connectivity index (χ3n) is 15.4. The Morgan fingerprint density at radius 3 is 0.778 bits per heavy atom. The highest BCUT2D eigenvalue weighted by molar-refractivity contribution is 5.94. The second-order valence-electron chi connectivity index (χ2n) is 20.4. The van der Waals surface area contributed by atoms with Gasteiger partial charge in [-0.2, -0.15) is 0 Å². The monoisotopic (exact) mass is 1040 g/mol. The lowest BCUT2D eigenvalue weighted by molar-refractivity contribution is 1.07. The fourth-order valence-corrected chi connectivity index (χ4v) is 11.5. The highest BCUT2D eigenvalue weighted by atomic mass is 15.1. The number of rotatable bonds is 9. The van der Waals surface area contributed by atoms with Crippen LogP contribution in [0.3, 0.4) is 0 Å². The van der Waals surface area contributed by atoms with E-state index in [1.54, 1.807) is 0 Å². The maximum Gasteiger partial charge on any atom is 0.164 e. The molecule has 4 heterocycles. The van der Waals surface area contributed by atoms with E-state index in [9.17, 15) is 0 Å². The molecule has 0 aliphatic carbocycles. The smallest absolute Gasteiger partial charge is 0.164 e. The van der Waals surface area contributed by atoms with E-state index in [2.05, 4.69) is 250 Å². The molecule has 0 spiro atoms. The van der Waals surface area contributed by atoms with Crippen LogP contribution in [0.2, 0.25) is 0 Å². The topological polar surface area (TPSA) is 92.1 Å². The summed E-state index contributed by atoms with van der Waals surface area (Å²) in [6.45, 7) is 0. The molecule has 0 aliphatic heterocycles. The molecule has 4 aromatic heterocycles. The number of imidazole rings is 3. The molecule has 9 heteroatoms. The second kappa shape index (κ2) is 18.8. The third-order valence-corrected chi connectivity index (χ3v) is 15.4. The Morgan fingerprint density at radius 1 is 0.198 bits per heavy atom. The fourth-order valence-electron chi connectivity index (χ4n) is 11.5. The molecule has 378 valence electrons. The molecule has 0 N–H and O–H groups in total. The van der Waals surface area contributed by atoms with Crippen LogP contribution in [0, 0.1) is 0 Å². The Kier molecular flexibility index (Phi) is 10.7. The molecule has 0 bridgehead atoms. The summed E-state index contributed by atoms with van der Waals surface area (Å²) >= 11 is 0. The first-order chi connectivity index (χ1) is 40.1. The summed E-state index contributed by atoms with van der Waals surface area (Å²) in [5.74, 6) is 4.35. The minimum atomic E-state index is 0.567. The van der Waals surface area contributed by atoms with Gasteiger partial charge in [-0.15, -0.1) is 0 Å². The van der Waals surface area contributed by atoms with Gasteiger partial charge in [-0.25, -0.2) is 29.9 Å². The van der Waals surface area contributed by atoms with Crippen molar-refractivity contribution in [2.45, 2.75) is 0 Å². The zero-order valence-electron chi connectivity index (χ0n) is 43.5. The van der Waals surface area contributed by atoms with Crippen molar-refractivity contribution in [3.63, 3.8) is 0 Å². The lowest BCUT2D eigenvalue weighted by Crippen LogP contribution is -2.01. The van der Waals surface area contributed by atoms with Crippen LogP contribution in [0.25, 0.3) is 151 Å². The van der Waals surface area contributed by atoms with Crippen LogP contribution in [0.5, 0.6) is 0 Å². The van der Waals surface area contributed by atoms with Crippen molar-refractivity contribution in [3.05, 3.63) is 273 Å². The first kappa shape index (κ1) is 46.0. The Hall–Kier alpha value is -11.2. The van der Waals surface area contributed by atoms with Crippen LogP contribution in [-0.2, 0) is 0 Å². The summed E-state index contributed by atoms with van der Waals surface area (Å²) in [5, 5.41) is 6.43. The van der Waals surface area contributed by atoms with E-state index in [0.717, 1.165) is 133 Å². The molecule has 81 heavy (non-hydrogen) atoms. The van der Waals surface area contributed by atoms with Crippen LogP contribution in [0.1, 0.15) is 0 Å². The van der Waals surface area contributed by atoms with E-state index >= 15 is 0 Å². The lowest BCUT2D eigenvalue weighted by atomic mass is 10.0. The molecule has 9 nitrogen and oxygen atoms in total. The quantitative estimate of drug-likeness (QED) is 0.143. The lowest BCUT2D eigenvalue weighted by Gasteiger charge is -2.13. The average molecular weight is 1040 g/mol. The minimum absolute atomic E-state index is 0.567. The molecule has 0 saturated carbocycles. The van der Waals surface area contributed by atoms with Gasteiger partial charge in [-0.1, -0.05) is 182 Å². The maximum atomic E-state index is 5.36. The van der Waals surface area contributed by atoms with Crippen molar-refractivity contribution < 1.29 is 0 Å². The largest absolute Gasteiger partial charge is 0.292 e. The van der Waals surface area contributed by atoms with E-state index in [0.29, 0.717) is 17.5 Å². The molecule has 0 atom stereocenters. The van der Waals surface area contributed by atoms with E-state index < -0.39 is 0 Å². The Labute approximate surface area is 465 Å². The Morgan fingerprint density at radius 2 is 0.469 bits per heavy atom. The van der Waals surface area contributed by atoms with E-state index in [4.69, 9.17) is 29.9 Å². The van der Waals surface area contributed by atoms with Crippen LogP contribution < -0.4 is 0 Å². The van der Waals surface area contributed by atoms with E-state index in [1.165, 1.54) is 0 Å². The van der Waals surface area contributed by atoms with Crippen LogP contribution in [0.15, 0.2) is 273 Å². The van der Waals surface area contributed by atoms with Crippen molar-refractivity contribution in [2.24, 2.45) is 0 Å². The zero-order valence-corrected chi connectivity index (χ0v) is 43.5. The minimum Gasteiger partial charge on any atom is -0.292 e. The molecule has 0 saturated heterocycles. The molecular weight excluding hydrogens is 991 g/mol. The van der Waals surface area contributed by atoms with Gasteiger partial charge in [-0.05, 0) is 123 Å². The number of hydrogen-bond acceptors (Lipinski definition) is 6. The third kappa shape index (κ3) is 8.02. The summed E-state index contributed by atoms with van der Waals surface area (Å²) in [4.78, 5) is 31.5. The summed E-state index contributed by atoms with van der Waals surface area (Å²) in [5.41, 5.74) is 14.7. The summed E-state index contributed by atoms with van der Waals surface area (Å²) < 4.78 is 6.76. The van der Waals surface area contributed by atoms with Crippen molar-refractivity contribution >= 4 is 65.4 Å². The molecule has 0 fully saturated rings. The second-order valence-corrected chi connectivity index (χ2v) is 20.4. The summed E-state index contributed by atoms with van der Waals surface area (Å²) in [6.07, 6.45) is 0. The number of hydrogen-bond donors (Lipinski definition) is 0. The van der Waals surface area contributed by atoms with Gasteiger partial charge >= 0.3 is 0 Å². The van der Waals surface area contributed by atoms with E-state index in [1.807, 2.05) is 36.4 Å². The molecule has 0 aliphatic rings. The fraction of sp³-hybridized carbons (Fsp3) is 0. The van der Waals surface area contributed by atoms with Gasteiger partial charge in [0.25, 0.3) is 0 Å². The van der Waals surface area contributed by atoms with Gasteiger partial charge < -0.3 is 0 Å². The predicted molar refractivity (Wildman–Crippen MR) is 329 cm³/mol. The number of benzene rings is 12. The predicted octanol–water partition coefficient (Wildman–Crippen LogP) is 17.3. The van der Waals surface area contributed by atoms with Gasteiger partial charge in [0.1, 0.15) is 17.5 Å². The van der Waals surface area contributed by atoms with Gasteiger partial charge in [0.2, 0.25) is 0 Å². The van der Waals surface area contributed by atoms with Gasteiger partial charge in [0.15, 0.2) is 17.5 Å². The first-order valence-electron chi connectivity index (χ1n) is 27.1. The number of fused-ring (bicyclic) bond motifs is 6. The van der Waals surface area contributed by atoms with Crippen molar-refractivity contribution in [2.75, 3.05) is 0 Å². The number of para-hydroxylation sites is 6. The van der Waals surface area contributed by atoms with Crippen molar-refractivity contribution in [1.29, 1.82) is 0 Å². The normalized spacial score (nSPS) is 11.7. The number of nitrogens with zero attached hydrogens (tertiary/aromatic N) is 9. The van der Waals surface area contributed by atoms with Crippen LogP contribution in [0.4, 0.5) is 0 Å². The number of aromatic nitrogens is 9. The molecule has 16 aromatic rings. The molecule has 0 radical (unpaired) electrons. The highest BCUT2D eigenvalue weighted by Crippen LogP contribution is 2.37. The first-order valence-corrected chi connectivity index (χ1v) is 27.1. The van der Waals surface area contributed by atoms with Crippen molar-refractivity contribution in [3.8, 4) is 85.4 Å². The average Bonchev–Trinajstić information content (AvgIpc) is 4.47. The van der Waals surface area contributed by atoms with Gasteiger partial charge in [-0.3, -0.25) is 13.7 Å². The Bertz CT molecular complexity index is 4600. The van der Waals surface area contributed by atoms with E-state index in [-0.39, 0.29) is 0 Å². The van der Waals surface area contributed by atoms with Crippen molar-refractivity contribution in [1.82, 2.24) is 43.6 Å². The Balaban J connectivity index is 0.859. The summed E-state index contributed by atoms with van der Waals surface area (Å²) in [6, 6.07) is 95.3. The molecule has 0 amide bonds. The molecular formula is C72H45N9. The maximum absolute atomic E-state index is 5.36. The molecule has 16 rings (SSSR count). The molecule has 0 unspecified atom stereocenters. The van der Waals surface area contributed by atoms with Crippen LogP contribution in [-0.4, -0.2) is 43.6 Å². The summed E-state index contributed by atoms with van der Waals surface area (Å²) in [7, 11) is 0. The standard InChI is InChI=1S/C72H45N9/c1-4-16-49(17-5-1)70-73-61-22-10-13-25-64(61)79(70)58-37-34-46-28-31-52(40-55(46)43-58)67-76-68(53-32-29-47-35-38-59(44-56(47)41-53)80-65-26-14-11-23-62(65)74-71(80)50-18-6-2-7-19-50)78-69(77-67)54-33-30-48-36-39-60(45-57(48)42-54)81-66-27-15-12-24-63(66)75-72(81)51-20-8-3-9-21-51/h1-45H. The van der Waals surface area contributed by atoms with Gasteiger partial charge in [0.05, 0.1) is 33.1 Å². The zero-order chi connectivity index (χ0) is 53.4. The molecule has 12 aromatic carbocycles. The van der Waals surface area contributed by atoms with Crippen LogP contribution >= 0.6 is 0 Å². The van der Waals surface area contributed by atoms with Gasteiger partial charge in [0, 0.05) is 50.4 Å². The highest BCUT2D eigenvalue weighted by Gasteiger charge is 2.20.